The molecule has 0 aliphatic carbocycles. The van der Waals surface area contributed by atoms with Crippen molar-refractivity contribution in [3.63, 3.8) is 0 Å². The summed E-state index contributed by atoms with van der Waals surface area (Å²) in [6.45, 7) is 14.7. The zero-order valence-electron chi connectivity index (χ0n) is 13.0. The van der Waals surface area contributed by atoms with Crippen LogP contribution in [0.25, 0.3) is 0 Å². The molecule has 1 heterocycles. The first kappa shape index (κ1) is 16.0. The van der Waals surface area contributed by atoms with Crippen LogP contribution in [0.5, 0.6) is 0 Å². The van der Waals surface area contributed by atoms with Crippen molar-refractivity contribution in [2.24, 2.45) is 5.92 Å². The first-order valence-corrected chi connectivity index (χ1v) is 8.21. The van der Waals surface area contributed by atoms with Gasteiger partial charge in [-0.15, -0.1) is 0 Å². The van der Waals surface area contributed by atoms with Crippen LogP contribution in [-0.4, -0.2) is 49.1 Å². The number of piperazine rings is 1. The Bertz CT molecular complexity index is 186. The lowest BCUT2D eigenvalue weighted by atomic mass is 10.0. The number of nitrogens with zero attached hydrogens (tertiary/aromatic N) is 2. The molecule has 1 rings (SSSR count). The van der Waals surface area contributed by atoms with E-state index < -0.39 is 0 Å². The minimum Gasteiger partial charge on any atom is -0.301 e. The first-order valence-electron chi connectivity index (χ1n) is 8.21. The van der Waals surface area contributed by atoms with Crippen LogP contribution in [0.2, 0.25) is 0 Å². The predicted molar refractivity (Wildman–Crippen MR) is 81.1 cm³/mol. The molecule has 1 aliphatic rings. The Balaban J connectivity index is 2.00. The summed E-state index contributed by atoms with van der Waals surface area (Å²) in [5.41, 5.74) is 0. The van der Waals surface area contributed by atoms with Gasteiger partial charge >= 0.3 is 0 Å². The summed E-state index contributed by atoms with van der Waals surface area (Å²) in [7, 11) is 0. The predicted octanol–water partition coefficient (Wildman–Crippen LogP) is 3.62. The summed E-state index contributed by atoms with van der Waals surface area (Å²) in [6.07, 6.45) is 8.54. The molecule has 0 amide bonds. The molecule has 0 aromatic carbocycles. The second kappa shape index (κ2) is 9.80. The lowest BCUT2D eigenvalue weighted by molar-refractivity contribution is 0.122. The summed E-state index contributed by atoms with van der Waals surface area (Å²) in [4.78, 5) is 5.23. The third-order valence-electron chi connectivity index (χ3n) is 4.28. The van der Waals surface area contributed by atoms with Crippen LogP contribution in [0.15, 0.2) is 0 Å². The average Bonchev–Trinajstić information content (AvgIpc) is 2.39. The minimum absolute atomic E-state index is 0.889. The fourth-order valence-corrected chi connectivity index (χ4v) is 2.92. The number of rotatable bonds is 9. The van der Waals surface area contributed by atoms with Crippen molar-refractivity contribution in [3.8, 4) is 0 Å². The van der Waals surface area contributed by atoms with E-state index in [1.165, 1.54) is 77.8 Å². The highest BCUT2D eigenvalue weighted by Gasteiger charge is 2.16. The number of likely N-dealkylation sites (N-methyl/N-ethyl adjacent to an activating group) is 1. The third-order valence-corrected chi connectivity index (χ3v) is 4.28. The third kappa shape index (κ3) is 6.75. The Morgan fingerprint density at radius 3 is 2.06 bits per heavy atom. The van der Waals surface area contributed by atoms with Gasteiger partial charge in [-0.25, -0.2) is 0 Å². The monoisotopic (exact) mass is 254 g/mol. The van der Waals surface area contributed by atoms with Gasteiger partial charge in [0.15, 0.2) is 0 Å². The van der Waals surface area contributed by atoms with E-state index in [1.54, 1.807) is 0 Å². The molecule has 1 atom stereocenters. The summed E-state index contributed by atoms with van der Waals surface area (Å²) in [5, 5.41) is 0. The van der Waals surface area contributed by atoms with E-state index in [0.717, 1.165) is 5.92 Å². The van der Waals surface area contributed by atoms with Gasteiger partial charge in [-0.1, -0.05) is 52.9 Å². The molecule has 0 saturated carbocycles. The molecule has 18 heavy (non-hydrogen) atoms. The van der Waals surface area contributed by atoms with Gasteiger partial charge in [0.1, 0.15) is 0 Å². The maximum absolute atomic E-state index is 2.67. The quantitative estimate of drug-likeness (QED) is 0.580. The summed E-state index contributed by atoms with van der Waals surface area (Å²) in [5.74, 6) is 0.889. The Hall–Kier alpha value is -0.0800. The minimum atomic E-state index is 0.889. The fraction of sp³-hybridized carbons (Fsp3) is 1.00. The molecule has 0 radical (unpaired) electrons. The average molecular weight is 254 g/mol. The normalized spacial score (nSPS) is 20.2. The van der Waals surface area contributed by atoms with Crippen molar-refractivity contribution in [1.82, 2.24) is 9.80 Å². The van der Waals surface area contributed by atoms with Gasteiger partial charge in [-0.05, 0) is 18.9 Å². The van der Waals surface area contributed by atoms with Gasteiger partial charge in [0.05, 0.1) is 0 Å². The number of hydrogen-bond acceptors (Lipinski definition) is 2. The molecule has 0 bridgehead atoms. The molecule has 2 nitrogen and oxygen atoms in total. The van der Waals surface area contributed by atoms with Gasteiger partial charge in [-0.2, -0.15) is 0 Å². The van der Waals surface area contributed by atoms with Crippen LogP contribution in [0.3, 0.4) is 0 Å². The van der Waals surface area contributed by atoms with Gasteiger partial charge in [-0.3, -0.25) is 0 Å². The fourth-order valence-electron chi connectivity index (χ4n) is 2.92. The van der Waals surface area contributed by atoms with E-state index in [0.29, 0.717) is 0 Å². The largest absolute Gasteiger partial charge is 0.301 e. The molecule has 0 aromatic heterocycles. The lowest BCUT2D eigenvalue weighted by Gasteiger charge is -2.35. The van der Waals surface area contributed by atoms with Gasteiger partial charge < -0.3 is 9.80 Å². The van der Waals surface area contributed by atoms with E-state index in [-0.39, 0.29) is 0 Å². The molecular formula is C16H34N2. The summed E-state index contributed by atoms with van der Waals surface area (Å²) in [6, 6.07) is 0. The topological polar surface area (TPSA) is 6.48 Å². The highest BCUT2D eigenvalue weighted by Crippen LogP contribution is 2.13. The molecule has 0 aromatic rings. The van der Waals surface area contributed by atoms with E-state index in [4.69, 9.17) is 0 Å². The molecule has 0 N–H and O–H groups in total. The van der Waals surface area contributed by atoms with Crippen LogP contribution in [0.4, 0.5) is 0 Å². The Morgan fingerprint density at radius 1 is 0.833 bits per heavy atom. The molecule has 1 fully saturated rings. The molecule has 2 heteroatoms. The maximum Gasteiger partial charge on any atom is 0.0110 e. The van der Waals surface area contributed by atoms with Crippen LogP contribution >= 0.6 is 0 Å². The van der Waals surface area contributed by atoms with Crippen molar-refractivity contribution in [3.05, 3.63) is 0 Å². The second-order valence-electron chi connectivity index (χ2n) is 6.04. The van der Waals surface area contributed by atoms with E-state index in [9.17, 15) is 0 Å². The molecule has 1 aliphatic heterocycles. The van der Waals surface area contributed by atoms with E-state index in [1.807, 2.05) is 0 Å². The number of unbranched alkanes of at least 4 members (excludes halogenated alkanes) is 4. The zero-order valence-corrected chi connectivity index (χ0v) is 13.0. The van der Waals surface area contributed by atoms with Gasteiger partial charge in [0.25, 0.3) is 0 Å². The summed E-state index contributed by atoms with van der Waals surface area (Å²) < 4.78 is 0. The molecule has 0 spiro atoms. The lowest BCUT2D eigenvalue weighted by Crippen LogP contribution is -2.47. The van der Waals surface area contributed by atoms with Crippen LogP contribution in [-0.2, 0) is 0 Å². The van der Waals surface area contributed by atoms with Crippen molar-refractivity contribution in [2.75, 3.05) is 39.3 Å². The van der Waals surface area contributed by atoms with Crippen molar-refractivity contribution in [2.45, 2.75) is 59.3 Å². The molecular weight excluding hydrogens is 220 g/mol. The highest BCUT2D eigenvalue weighted by molar-refractivity contribution is 4.72. The van der Waals surface area contributed by atoms with E-state index >= 15 is 0 Å². The van der Waals surface area contributed by atoms with Crippen LogP contribution < -0.4 is 0 Å². The zero-order chi connectivity index (χ0) is 13.2. The smallest absolute Gasteiger partial charge is 0.0110 e. The number of hydrogen-bond donors (Lipinski definition) is 0. The van der Waals surface area contributed by atoms with Crippen LogP contribution in [0, 0.1) is 5.92 Å². The van der Waals surface area contributed by atoms with Crippen molar-refractivity contribution < 1.29 is 0 Å². The highest BCUT2D eigenvalue weighted by atomic mass is 15.3. The Kier molecular flexibility index (Phi) is 8.70. The molecule has 1 unspecified atom stereocenters. The Morgan fingerprint density at radius 2 is 1.44 bits per heavy atom. The van der Waals surface area contributed by atoms with Crippen molar-refractivity contribution >= 4 is 0 Å². The molecule has 108 valence electrons. The van der Waals surface area contributed by atoms with Gasteiger partial charge in [0, 0.05) is 32.7 Å². The summed E-state index contributed by atoms with van der Waals surface area (Å²) >= 11 is 0. The SMILES string of the molecule is CCCCCCCC(C)CN1CCN(CC)CC1. The molecule has 1 saturated heterocycles. The van der Waals surface area contributed by atoms with E-state index in [2.05, 4.69) is 30.6 Å². The van der Waals surface area contributed by atoms with Crippen molar-refractivity contribution in [1.29, 1.82) is 0 Å². The first-order chi connectivity index (χ1) is 8.76. The van der Waals surface area contributed by atoms with Gasteiger partial charge in [0.2, 0.25) is 0 Å². The Labute approximate surface area is 115 Å². The second-order valence-corrected chi connectivity index (χ2v) is 6.04. The maximum atomic E-state index is 2.67. The van der Waals surface area contributed by atoms with Crippen LogP contribution in [0.1, 0.15) is 59.3 Å². The standard InChI is InChI=1S/C16H34N2/c1-4-6-7-8-9-10-16(3)15-18-13-11-17(5-2)12-14-18/h16H,4-15H2,1-3H3.